The van der Waals surface area contributed by atoms with Crippen LogP contribution in [-0.2, 0) is 4.79 Å². The molecular weight excluding hydrogens is 481 g/mol. The lowest BCUT2D eigenvalue weighted by Crippen LogP contribution is -2.24. The van der Waals surface area contributed by atoms with Crippen LogP contribution in [0, 0.1) is 12.7 Å². The third-order valence-corrected chi connectivity index (χ3v) is 7.30. The van der Waals surface area contributed by atoms with Gasteiger partial charge in [-0.25, -0.2) is 9.37 Å². The van der Waals surface area contributed by atoms with Gasteiger partial charge in [-0.3, -0.25) is 9.59 Å². The predicted octanol–water partition coefficient (Wildman–Crippen LogP) is 7.02. The van der Waals surface area contributed by atoms with E-state index < -0.39 is 0 Å². The average molecular weight is 506 g/mol. The van der Waals surface area contributed by atoms with Gasteiger partial charge in [0.2, 0.25) is 5.91 Å². The van der Waals surface area contributed by atoms with Crippen LogP contribution in [0.15, 0.2) is 83.1 Å². The molecule has 8 heteroatoms. The van der Waals surface area contributed by atoms with Gasteiger partial charge in [0.25, 0.3) is 5.91 Å². The molecule has 1 heterocycles. The summed E-state index contributed by atoms with van der Waals surface area (Å²) in [7, 11) is 0. The van der Waals surface area contributed by atoms with E-state index >= 15 is 0 Å². The molecular formula is C27H24FN3O2S2. The van der Waals surface area contributed by atoms with Crippen molar-refractivity contribution in [1.29, 1.82) is 0 Å². The molecule has 0 fully saturated rings. The highest BCUT2D eigenvalue weighted by atomic mass is 32.2. The monoisotopic (exact) mass is 505 g/mol. The maximum atomic E-state index is 13.2. The van der Waals surface area contributed by atoms with Crippen LogP contribution in [0.4, 0.5) is 15.2 Å². The van der Waals surface area contributed by atoms with Gasteiger partial charge in [-0.2, -0.15) is 0 Å². The number of aryl methyl sites for hydroxylation is 1. The third kappa shape index (κ3) is 6.55. The smallest absolute Gasteiger partial charge is 0.255 e. The number of hydrogen-bond donors (Lipinski definition) is 2. The van der Waals surface area contributed by atoms with Crippen molar-refractivity contribution in [3.8, 4) is 11.3 Å². The molecule has 0 saturated heterocycles. The summed E-state index contributed by atoms with van der Waals surface area (Å²) < 4.78 is 13.2. The summed E-state index contributed by atoms with van der Waals surface area (Å²) in [4.78, 5) is 30.9. The van der Waals surface area contributed by atoms with E-state index in [4.69, 9.17) is 0 Å². The second-order valence-electron chi connectivity index (χ2n) is 7.90. The number of thioether (sulfide) groups is 1. The lowest BCUT2D eigenvalue weighted by Gasteiger charge is -2.14. The molecule has 2 N–H and O–H groups in total. The Labute approximate surface area is 211 Å². The number of rotatable bonds is 8. The van der Waals surface area contributed by atoms with Gasteiger partial charge in [0.15, 0.2) is 5.13 Å². The van der Waals surface area contributed by atoms with Crippen LogP contribution < -0.4 is 10.6 Å². The number of nitrogens with one attached hydrogen (secondary N) is 2. The minimum atomic E-state index is -0.337. The van der Waals surface area contributed by atoms with Gasteiger partial charge in [0.05, 0.1) is 10.9 Å². The van der Waals surface area contributed by atoms with Crippen molar-refractivity contribution in [2.24, 2.45) is 0 Å². The molecule has 178 valence electrons. The van der Waals surface area contributed by atoms with E-state index in [1.165, 1.54) is 35.2 Å². The number of carbonyl (C=O) groups is 2. The van der Waals surface area contributed by atoms with Gasteiger partial charge in [0, 0.05) is 27.1 Å². The standard InChI is InChI=1S/C27H24FN3O2S2/c1-3-24(26(33)31-27-30-23(16-34-27)18-10-12-20(28)13-11-18)35-22-9-5-8-21(15-22)29-25(32)19-7-4-6-17(2)14-19/h4-16,24H,3H2,1-2H3,(H,29,32)(H,30,31,33). The highest BCUT2D eigenvalue weighted by Crippen LogP contribution is 2.30. The van der Waals surface area contributed by atoms with Crippen LogP contribution >= 0.6 is 23.1 Å². The molecule has 2 amide bonds. The van der Waals surface area contributed by atoms with E-state index in [1.807, 2.05) is 61.7 Å². The molecule has 5 nitrogen and oxygen atoms in total. The second-order valence-corrected chi connectivity index (χ2v) is 10.0. The number of nitrogens with zero attached hydrogens (tertiary/aromatic N) is 1. The summed E-state index contributed by atoms with van der Waals surface area (Å²) in [5, 5.41) is 7.80. The molecule has 0 aliphatic carbocycles. The van der Waals surface area contributed by atoms with E-state index in [0.717, 1.165) is 16.0 Å². The van der Waals surface area contributed by atoms with Crippen molar-refractivity contribution in [2.45, 2.75) is 30.4 Å². The third-order valence-electron chi connectivity index (χ3n) is 5.19. The Hall–Kier alpha value is -3.49. The summed E-state index contributed by atoms with van der Waals surface area (Å²) >= 11 is 2.76. The largest absolute Gasteiger partial charge is 0.322 e. The fraction of sp³-hybridized carbons (Fsp3) is 0.148. The molecule has 0 radical (unpaired) electrons. The van der Waals surface area contributed by atoms with Crippen LogP contribution in [-0.4, -0.2) is 22.0 Å². The highest BCUT2D eigenvalue weighted by Gasteiger charge is 2.20. The number of halogens is 1. The van der Waals surface area contributed by atoms with E-state index in [0.29, 0.717) is 28.5 Å². The Morgan fingerprint density at radius 3 is 2.54 bits per heavy atom. The summed E-state index contributed by atoms with van der Waals surface area (Å²) in [6.07, 6.45) is 0.618. The fourth-order valence-corrected chi connectivity index (χ4v) is 5.13. The number of thiazole rings is 1. The van der Waals surface area contributed by atoms with Crippen molar-refractivity contribution in [3.63, 3.8) is 0 Å². The van der Waals surface area contributed by atoms with Crippen molar-refractivity contribution in [3.05, 3.63) is 95.1 Å². The summed E-state index contributed by atoms with van der Waals surface area (Å²) in [5.74, 6) is -0.632. The van der Waals surface area contributed by atoms with Crippen LogP contribution in [0.5, 0.6) is 0 Å². The van der Waals surface area contributed by atoms with E-state index in [9.17, 15) is 14.0 Å². The van der Waals surface area contributed by atoms with E-state index in [2.05, 4.69) is 15.6 Å². The number of anilines is 2. The molecule has 0 bridgehead atoms. The molecule has 4 aromatic rings. The van der Waals surface area contributed by atoms with Crippen LogP contribution in [0.2, 0.25) is 0 Å². The van der Waals surface area contributed by atoms with Crippen molar-refractivity contribution >= 4 is 45.7 Å². The highest BCUT2D eigenvalue weighted by molar-refractivity contribution is 8.00. The van der Waals surface area contributed by atoms with Gasteiger partial charge in [0.1, 0.15) is 5.82 Å². The first-order valence-corrected chi connectivity index (χ1v) is 12.8. The van der Waals surface area contributed by atoms with Gasteiger partial charge in [-0.1, -0.05) is 30.7 Å². The maximum absolute atomic E-state index is 13.2. The molecule has 3 aromatic carbocycles. The normalized spacial score (nSPS) is 11.6. The minimum absolute atomic E-state index is 0.147. The van der Waals surface area contributed by atoms with Crippen LogP contribution in [0.1, 0.15) is 29.3 Å². The summed E-state index contributed by atoms with van der Waals surface area (Å²) in [6, 6.07) is 21.0. The Balaban J connectivity index is 1.39. The van der Waals surface area contributed by atoms with E-state index in [-0.39, 0.29) is 22.9 Å². The lowest BCUT2D eigenvalue weighted by atomic mass is 10.1. The second kappa shape index (κ2) is 11.3. The molecule has 0 aliphatic heterocycles. The first-order chi connectivity index (χ1) is 16.9. The maximum Gasteiger partial charge on any atom is 0.255 e. The SMILES string of the molecule is CCC(Sc1cccc(NC(=O)c2cccc(C)c2)c1)C(=O)Nc1nc(-c2ccc(F)cc2)cs1. The van der Waals surface area contributed by atoms with Crippen molar-refractivity contribution in [2.75, 3.05) is 10.6 Å². The zero-order chi connectivity index (χ0) is 24.8. The van der Waals surface area contributed by atoms with Gasteiger partial charge in [-0.05, 0) is 67.9 Å². The van der Waals surface area contributed by atoms with E-state index in [1.54, 1.807) is 18.2 Å². The Kier molecular flexibility index (Phi) is 7.94. The van der Waals surface area contributed by atoms with Gasteiger partial charge >= 0.3 is 0 Å². The predicted molar refractivity (Wildman–Crippen MR) is 142 cm³/mol. The fourth-order valence-electron chi connectivity index (χ4n) is 3.39. The Bertz CT molecular complexity index is 1340. The molecule has 1 unspecified atom stereocenters. The van der Waals surface area contributed by atoms with Gasteiger partial charge < -0.3 is 10.6 Å². The molecule has 0 aliphatic rings. The number of amides is 2. The molecule has 35 heavy (non-hydrogen) atoms. The summed E-state index contributed by atoms with van der Waals surface area (Å²) in [5.41, 5.74) is 3.75. The Morgan fingerprint density at radius 1 is 1.03 bits per heavy atom. The zero-order valence-electron chi connectivity index (χ0n) is 19.2. The van der Waals surface area contributed by atoms with Crippen molar-refractivity contribution < 1.29 is 14.0 Å². The van der Waals surface area contributed by atoms with Crippen molar-refractivity contribution in [1.82, 2.24) is 4.98 Å². The topological polar surface area (TPSA) is 71.1 Å². The molecule has 0 spiro atoms. The van der Waals surface area contributed by atoms with Gasteiger partial charge in [-0.15, -0.1) is 23.1 Å². The average Bonchev–Trinajstić information content (AvgIpc) is 3.31. The first kappa shape index (κ1) is 24.6. The quantitative estimate of drug-likeness (QED) is 0.253. The van der Waals surface area contributed by atoms with Crippen LogP contribution in [0.3, 0.4) is 0 Å². The Morgan fingerprint density at radius 2 is 1.80 bits per heavy atom. The van der Waals surface area contributed by atoms with Crippen LogP contribution in [0.25, 0.3) is 11.3 Å². The molecule has 1 atom stereocenters. The molecule has 4 rings (SSSR count). The molecule has 1 aromatic heterocycles. The number of hydrogen-bond acceptors (Lipinski definition) is 5. The first-order valence-electron chi connectivity index (χ1n) is 11.1. The lowest BCUT2D eigenvalue weighted by molar-refractivity contribution is -0.115. The summed E-state index contributed by atoms with van der Waals surface area (Å²) in [6.45, 7) is 3.89. The molecule has 0 saturated carbocycles. The number of carbonyl (C=O) groups excluding carboxylic acids is 2. The zero-order valence-corrected chi connectivity index (χ0v) is 20.9. The minimum Gasteiger partial charge on any atom is -0.322 e. The number of benzene rings is 3. The number of aromatic nitrogens is 1.